The molecular formula is C15H21N3O. The van der Waals surface area contributed by atoms with Gasteiger partial charge in [-0.1, -0.05) is 48.8 Å². The molecule has 1 heterocycles. The summed E-state index contributed by atoms with van der Waals surface area (Å²) in [5.41, 5.74) is 2.22. The Balaban J connectivity index is 2.08. The number of nitrogens with one attached hydrogen (secondary N) is 1. The van der Waals surface area contributed by atoms with Gasteiger partial charge in [-0.2, -0.15) is 4.98 Å². The van der Waals surface area contributed by atoms with E-state index >= 15 is 0 Å². The zero-order valence-corrected chi connectivity index (χ0v) is 11.8. The quantitative estimate of drug-likeness (QED) is 0.866. The maximum Gasteiger partial charge on any atom is 0.228 e. The van der Waals surface area contributed by atoms with Crippen LogP contribution in [0.5, 0.6) is 0 Å². The molecule has 0 saturated carbocycles. The first-order chi connectivity index (χ1) is 9.22. The van der Waals surface area contributed by atoms with Gasteiger partial charge in [0.2, 0.25) is 11.7 Å². The number of hydrogen-bond acceptors (Lipinski definition) is 4. The van der Waals surface area contributed by atoms with E-state index in [0.717, 1.165) is 24.9 Å². The number of hydrogen-bond donors (Lipinski definition) is 1. The lowest BCUT2D eigenvalue weighted by molar-refractivity contribution is 0.355. The Labute approximate surface area is 114 Å². The predicted molar refractivity (Wildman–Crippen MR) is 75.9 cm³/mol. The minimum absolute atomic E-state index is 0.399. The zero-order valence-electron chi connectivity index (χ0n) is 11.8. The molecule has 0 fully saturated rings. The molecule has 2 rings (SSSR count). The summed E-state index contributed by atoms with van der Waals surface area (Å²) in [4.78, 5) is 4.46. The van der Waals surface area contributed by atoms with Gasteiger partial charge >= 0.3 is 0 Å². The molecule has 1 N–H and O–H groups in total. The van der Waals surface area contributed by atoms with Gasteiger partial charge in [0.05, 0.1) is 0 Å². The van der Waals surface area contributed by atoms with Gasteiger partial charge in [0.15, 0.2) is 0 Å². The standard InChI is InChI=1S/C15H21N3O/c1-4-13(16-5-2)10-14-17-15(18-19-14)12-8-6-11(3)7-9-12/h6-9,13,16H,4-5,10H2,1-3H3. The summed E-state index contributed by atoms with van der Waals surface area (Å²) >= 11 is 0. The van der Waals surface area contributed by atoms with E-state index in [9.17, 15) is 0 Å². The summed E-state index contributed by atoms with van der Waals surface area (Å²) in [6.45, 7) is 7.28. The first-order valence-corrected chi connectivity index (χ1v) is 6.86. The number of aryl methyl sites for hydroxylation is 1. The van der Waals surface area contributed by atoms with Crippen LogP contribution in [0.2, 0.25) is 0 Å². The van der Waals surface area contributed by atoms with Crippen LogP contribution in [0.4, 0.5) is 0 Å². The van der Waals surface area contributed by atoms with Gasteiger partial charge in [-0.05, 0) is 19.9 Å². The molecule has 0 bridgehead atoms. The zero-order chi connectivity index (χ0) is 13.7. The van der Waals surface area contributed by atoms with Crippen LogP contribution < -0.4 is 5.32 Å². The van der Waals surface area contributed by atoms with Gasteiger partial charge in [0, 0.05) is 18.0 Å². The van der Waals surface area contributed by atoms with E-state index in [-0.39, 0.29) is 0 Å². The topological polar surface area (TPSA) is 51.0 Å². The monoisotopic (exact) mass is 259 g/mol. The molecule has 1 aromatic heterocycles. The minimum Gasteiger partial charge on any atom is -0.339 e. The molecule has 0 spiro atoms. The van der Waals surface area contributed by atoms with E-state index in [0.29, 0.717) is 17.8 Å². The van der Waals surface area contributed by atoms with Crippen molar-refractivity contribution in [2.45, 2.75) is 39.7 Å². The van der Waals surface area contributed by atoms with E-state index in [4.69, 9.17) is 4.52 Å². The van der Waals surface area contributed by atoms with Gasteiger partial charge < -0.3 is 9.84 Å². The second-order valence-electron chi connectivity index (χ2n) is 4.74. The van der Waals surface area contributed by atoms with Crippen LogP contribution in [0, 0.1) is 6.92 Å². The molecule has 102 valence electrons. The number of nitrogens with zero attached hydrogens (tertiary/aromatic N) is 2. The number of aromatic nitrogens is 2. The fourth-order valence-corrected chi connectivity index (χ4v) is 2.02. The largest absolute Gasteiger partial charge is 0.339 e. The molecular weight excluding hydrogens is 238 g/mol. The second-order valence-corrected chi connectivity index (χ2v) is 4.74. The van der Waals surface area contributed by atoms with Gasteiger partial charge in [-0.25, -0.2) is 0 Å². The molecule has 1 unspecified atom stereocenters. The van der Waals surface area contributed by atoms with Crippen LogP contribution >= 0.6 is 0 Å². The molecule has 0 aliphatic carbocycles. The lowest BCUT2D eigenvalue weighted by Crippen LogP contribution is -2.30. The van der Waals surface area contributed by atoms with Crippen molar-refractivity contribution >= 4 is 0 Å². The Kier molecular flexibility index (Phi) is 4.68. The lowest BCUT2D eigenvalue weighted by Gasteiger charge is -2.12. The van der Waals surface area contributed by atoms with Crippen molar-refractivity contribution in [3.05, 3.63) is 35.7 Å². The van der Waals surface area contributed by atoms with E-state index in [2.05, 4.69) is 48.4 Å². The molecule has 2 aromatic rings. The lowest BCUT2D eigenvalue weighted by atomic mass is 10.1. The van der Waals surface area contributed by atoms with Crippen LogP contribution in [-0.2, 0) is 6.42 Å². The van der Waals surface area contributed by atoms with Crippen LogP contribution in [0.25, 0.3) is 11.4 Å². The Morgan fingerprint density at radius 2 is 1.95 bits per heavy atom. The molecule has 0 radical (unpaired) electrons. The molecule has 0 saturated heterocycles. The van der Waals surface area contributed by atoms with E-state index < -0.39 is 0 Å². The number of rotatable bonds is 6. The second kappa shape index (κ2) is 6.48. The van der Waals surface area contributed by atoms with E-state index in [1.54, 1.807) is 0 Å². The number of benzene rings is 1. The fourth-order valence-electron chi connectivity index (χ4n) is 2.02. The summed E-state index contributed by atoms with van der Waals surface area (Å²) in [5.74, 6) is 1.37. The SMILES string of the molecule is CCNC(CC)Cc1nc(-c2ccc(C)cc2)no1. The summed E-state index contributed by atoms with van der Waals surface area (Å²) in [5, 5.41) is 7.46. The average molecular weight is 259 g/mol. The Morgan fingerprint density at radius 1 is 1.21 bits per heavy atom. The van der Waals surface area contributed by atoms with Gasteiger partial charge in [-0.15, -0.1) is 0 Å². The minimum atomic E-state index is 0.399. The van der Waals surface area contributed by atoms with Crippen molar-refractivity contribution < 1.29 is 4.52 Å². The van der Waals surface area contributed by atoms with Crippen molar-refractivity contribution in [2.24, 2.45) is 0 Å². The first-order valence-electron chi connectivity index (χ1n) is 6.86. The molecule has 4 nitrogen and oxygen atoms in total. The van der Waals surface area contributed by atoms with Gasteiger partial charge in [-0.3, -0.25) is 0 Å². The Morgan fingerprint density at radius 3 is 2.58 bits per heavy atom. The molecule has 0 aliphatic heterocycles. The highest BCUT2D eigenvalue weighted by atomic mass is 16.5. The summed E-state index contributed by atoms with van der Waals surface area (Å²) in [6, 6.07) is 8.55. The summed E-state index contributed by atoms with van der Waals surface area (Å²) < 4.78 is 5.33. The Bertz CT molecular complexity index is 504. The van der Waals surface area contributed by atoms with Crippen molar-refractivity contribution in [2.75, 3.05) is 6.54 Å². The van der Waals surface area contributed by atoms with Crippen molar-refractivity contribution in [1.82, 2.24) is 15.5 Å². The normalized spacial score (nSPS) is 12.6. The molecule has 1 atom stereocenters. The van der Waals surface area contributed by atoms with Crippen molar-refractivity contribution in [3.8, 4) is 11.4 Å². The van der Waals surface area contributed by atoms with Crippen LogP contribution in [-0.4, -0.2) is 22.7 Å². The first kappa shape index (κ1) is 13.7. The Hall–Kier alpha value is -1.68. The van der Waals surface area contributed by atoms with Gasteiger partial charge in [0.25, 0.3) is 0 Å². The average Bonchev–Trinajstić information content (AvgIpc) is 2.87. The number of likely N-dealkylation sites (N-methyl/N-ethyl adjacent to an activating group) is 1. The van der Waals surface area contributed by atoms with E-state index in [1.807, 2.05) is 12.1 Å². The maximum absolute atomic E-state index is 5.33. The smallest absolute Gasteiger partial charge is 0.228 e. The molecule has 4 heteroatoms. The van der Waals surface area contributed by atoms with Crippen molar-refractivity contribution in [1.29, 1.82) is 0 Å². The maximum atomic E-state index is 5.33. The highest BCUT2D eigenvalue weighted by molar-refractivity contribution is 5.54. The highest BCUT2D eigenvalue weighted by Crippen LogP contribution is 2.17. The van der Waals surface area contributed by atoms with E-state index in [1.165, 1.54) is 5.56 Å². The van der Waals surface area contributed by atoms with Crippen LogP contribution in [0.15, 0.2) is 28.8 Å². The third kappa shape index (κ3) is 3.64. The predicted octanol–water partition coefficient (Wildman–Crippen LogP) is 2.98. The van der Waals surface area contributed by atoms with Gasteiger partial charge in [0.1, 0.15) is 0 Å². The molecule has 19 heavy (non-hydrogen) atoms. The highest BCUT2D eigenvalue weighted by Gasteiger charge is 2.13. The molecule has 0 amide bonds. The molecule has 0 aliphatic rings. The summed E-state index contributed by atoms with van der Waals surface area (Å²) in [7, 11) is 0. The molecule has 1 aromatic carbocycles. The van der Waals surface area contributed by atoms with Crippen LogP contribution in [0.3, 0.4) is 0 Å². The third-order valence-electron chi connectivity index (χ3n) is 3.18. The third-order valence-corrected chi connectivity index (χ3v) is 3.18. The summed E-state index contributed by atoms with van der Waals surface area (Å²) in [6.07, 6.45) is 1.83. The van der Waals surface area contributed by atoms with Crippen molar-refractivity contribution in [3.63, 3.8) is 0 Å². The van der Waals surface area contributed by atoms with Crippen LogP contribution in [0.1, 0.15) is 31.7 Å². The fraction of sp³-hybridized carbons (Fsp3) is 0.467.